The maximum absolute atomic E-state index is 6.03. The number of anilines is 1. The van der Waals surface area contributed by atoms with Crippen LogP contribution >= 0.6 is 24.0 Å². The number of nitrogens with one attached hydrogen (secondary N) is 1. The lowest BCUT2D eigenvalue weighted by Crippen LogP contribution is -2.34. The molecular weight excluding hydrogens is 479 g/mol. The van der Waals surface area contributed by atoms with E-state index >= 15 is 0 Å². The largest absolute Gasteiger partial charge is 0.497 e. The molecule has 0 spiro atoms. The van der Waals surface area contributed by atoms with Gasteiger partial charge < -0.3 is 20.5 Å². The number of rotatable bonds is 7. The molecule has 1 aliphatic heterocycles. The van der Waals surface area contributed by atoms with Gasteiger partial charge in [-0.15, -0.1) is 24.0 Å². The van der Waals surface area contributed by atoms with Crippen LogP contribution in [0.15, 0.2) is 53.5 Å². The Kier molecular flexibility index (Phi) is 9.53. The molecule has 0 aromatic heterocycles. The van der Waals surface area contributed by atoms with Gasteiger partial charge in [-0.2, -0.15) is 0 Å². The molecule has 1 heterocycles. The summed E-state index contributed by atoms with van der Waals surface area (Å²) in [5, 5.41) is 3.14. The highest BCUT2D eigenvalue weighted by molar-refractivity contribution is 14.0. The van der Waals surface area contributed by atoms with Gasteiger partial charge in [-0.25, -0.2) is 0 Å². The topological polar surface area (TPSA) is 72.1 Å². The summed E-state index contributed by atoms with van der Waals surface area (Å²) in [7, 11) is 3.35. The Morgan fingerprint density at radius 3 is 2.10 bits per heavy atom. The number of nitrogens with two attached hydrogens (primary N) is 1. The maximum atomic E-state index is 6.03. The summed E-state index contributed by atoms with van der Waals surface area (Å²) in [5.41, 5.74) is 8.27. The Labute approximate surface area is 190 Å². The quantitative estimate of drug-likeness (QED) is 0.335. The lowest BCUT2D eigenvalue weighted by Gasteiger charge is -2.31. The second-order valence-corrected chi connectivity index (χ2v) is 7.15. The number of benzene rings is 2. The van der Waals surface area contributed by atoms with Crippen molar-refractivity contribution in [2.75, 3.05) is 39.2 Å². The number of hydrogen-bond donors (Lipinski definition) is 2. The molecule has 158 valence electrons. The molecule has 2 aromatic rings. The fraction of sp³-hybridized carbons (Fsp3) is 0.409. The van der Waals surface area contributed by atoms with Gasteiger partial charge in [0, 0.05) is 18.8 Å². The third-order valence-electron chi connectivity index (χ3n) is 5.15. The number of likely N-dealkylation sites (tertiary alicyclic amines) is 1. The normalized spacial score (nSPS) is 15.4. The van der Waals surface area contributed by atoms with Crippen LogP contribution in [0.4, 0.5) is 5.69 Å². The molecule has 0 atom stereocenters. The van der Waals surface area contributed by atoms with Crippen LogP contribution in [0.1, 0.15) is 18.4 Å². The van der Waals surface area contributed by atoms with E-state index in [2.05, 4.69) is 27.3 Å². The Balaban J connectivity index is 0.00000300. The van der Waals surface area contributed by atoms with E-state index in [1.807, 2.05) is 36.4 Å². The molecule has 0 saturated carbocycles. The average molecular weight is 510 g/mol. The molecule has 0 bridgehead atoms. The zero-order chi connectivity index (χ0) is 19.8. The molecule has 1 fully saturated rings. The van der Waals surface area contributed by atoms with E-state index in [0.29, 0.717) is 11.9 Å². The van der Waals surface area contributed by atoms with Gasteiger partial charge in [-0.3, -0.25) is 9.89 Å². The predicted molar refractivity (Wildman–Crippen MR) is 130 cm³/mol. The van der Waals surface area contributed by atoms with Gasteiger partial charge in [-0.1, -0.05) is 12.1 Å². The summed E-state index contributed by atoms with van der Waals surface area (Å²) in [4.78, 5) is 7.03. The van der Waals surface area contributed by atoms with Crippen molar-refractivity contribution >= 4 is 35.6 Å². The van der Waals surface area contributed by atoms with E-state index in [0.717, 1.165) is 56.2 Å². The molecular formula is C22H31IN4O2. The van der Waals surface area contributed by atoms with E-state index in [9.17, 15) is 0 Å². The van der Waals surface area contributed by atoms with Crippen LogP contribution < -0.4 is 20.5 Å². The Bertz CT molecular complexity index is 757. The van der Waals surface area contributed by atoms with Gasteiger partial charge >= 0.3 is 0 Å². The smallest absolute Gasteiger partial charge is 0.193 e. The fourth-order valence-electron chi connectivity index (χ4n) is 3.41. The van der Waals surface area contributed by atoms with E-state index in [4.69, 9.17) is 15.2 Å². The molecule has 0 amide bonds. The first-order valence-electron chi connectivity index (χ1n) is 9.72. The second-order valence-electron chi connectivity index (χ2n) is 7.15. The summed E-state index contributed by atoms with van der Waals surface area (Å²) < 4.78 is 10.4. The molecule has 2 aromatic carbocycles. The summed E-state index contributed by atoms with van der Waals surface area (Å²) in [6, 6.07) is 16.0. The summed E-state index contributed by atoms with van der Waals surface area (Å²) >= 11 is 0. The third kappa shape index (κ3) is 7.40. The van der Waals surface area contributed by atoms with Crippen LogP contribution in [0, 0.1) is 5.92 Å². The van der Waals surface area contributed by atoms with Crippen molar-refractivity contribution in [2.24, 2.45) is 16.6 Å². The minimum atomic E-state index is 0. The van der Waals surface area contributed by atoms with E-state index < -0.39 is 0 Å². The highest BCUT2D eigenvalue weighted by Gasteiger charge is 2.19. The number of nitrogens with zero attached hydrogens (tertiary/aromatic N) is 2. The van der Waals surface area contributed by atoms with Gasteiger partial charge in [-0.05, 0) is 73.8 Å². The highest BCUT2D eigenvalue weighted by atomic mass is 127. The summed E-state index contributed by atoms with van der Waals surface area (Å²) in [6.45, 7) is 3.95. The molecule has 1 aliphatic rings. The fourth-order valence-corrected chi connectivity index (χ4v) is 3.41. The van der Waals surface area contributed by atoms with E-state index in [-0.39, 0.29) is 24.0 Å². The Morgan fingerprint density at radius 2 is 1.55 bits per heavy atom. The van der Waals surface area contributed by atoms with Gasteiger partial charge in [0.15, 0.2) is 5.96 Å². The second kappa shape index (κ2) is 11.9. The zero-order valence-electron chi connectivity index (χ0n) is 17.1. The van der Waals surface area contributed by atoms with Crippen LogP contribution in [0.2, 0.25) is 0 Å². The first-order valence-corrected chi connectivity index (χ1v) is 9.72. The van der Waals surface area contributed by atoms with Crippen molar-refractivity contribution in [3.63, 3.8) is 0 Å². The van der Waals surface area contributed by atoms with Crippen LogP contribution in [0.5, 0.6) is 11.5 Å². The van der Waals surface area contributed by atoms with Crippen LogP contribution in [-0.4, -0.2) is 44.7 Å². The molecule has 1 saturated heterocycles. The minimum Gasteiger partial charge on any atom is -0.497 e. The standard InChI is InChI=1S/C22H30N4O2.HI/c1-27-20-7-3-18(4-8-20)16-26-13-11-17(12-14-26)15-24-22(23)25-19-5-9-21(28-2)10-6-19;/h3-10,17H,11-16H2,1-2H3,(H3,23,24,25);1H. The molecule has 7 heteroatoms. The van der Waals surface area contributed by atoms with Gasteiger partial charge in [0.2, 0.25) is 0 Å². The van der Waals surface area contributed by atoms with Crippen molar-refractivity contribution in [1.29, 1.82) is 0 Å². The average Bonchev–Trinajstić information content (AvgIpc) is 2.74. The number of ether oxygens (including phenoxy) is 2. The number of aliphatic imine (C=N–C) groups is 1. The molecule has 0 aliphatic carbocycles. The van der Waals surface area contributed by atoms with Gasteiger partial charge in [0.1, 0.15) is 11.5 Å². The molecule has 0 radical (unpaired) electrons. The lowest BCUT2D eigenvalue weighted by molar-refractivity contribution is 0.180. The molecule has 0 unspecified atom stereocenters. The van der Waals surface area contributed by atoms with Crippen molar-refractivity contribution < 1.29 is 9.47 Å². The van der Waals surface area contributed by atoms with Crippen molar-refractivity contribution in [3.8, 4) is 11.5 Å². The van der Waals surface area contributed by atoms with Crippen molar-refractivity contribution in [2.45, 2.75) is 19.4 Å². The molecule has 6 nitrogen and oxygen atoms in total. The lowest BCUT2D eigenvalue weighted by atomic mass is 9.96. The predicted octanol–water partition coefficient (Wildman–Crippen LogP) is 3.96. The van der Waals surface area contributed by atoms with Crippen molar-refractivity contribution in [3.05, 3.63) is 54.1 Å². The monoisotopic (exact) mass is 510 g/mol. The zero-order valence-corrected chi connectivity index (χ0v) is 19.5. The number of piperidine rings is 1. The van der Waals surface area contributed by atoms with Gasteiger partial charge in [0.25, 0.3) is 0 Å². The SMILES string of the molecule is COc1ccc(CN2CCC(CN=C(N)Nc3ccc(OC)cc3)CC2)cc1.I. The van der Waals surface area contributed by atoms with Crippen LogP contribution in [0.25, 0.3) is 0 Å². The van der Waals surface area contributed by atoms with Crippen LogP contribution in [-0.2, 0) is 6.54 Å². The first-order chi connectivity index (χ1) is 13.7. The summed E-state index contributed by atoms with van der Waals surface area (Å²) in [5.74, 6) is 2.78. The number of hydrogen-bond acceptors (Lipinski definition) is 4. The molecule has 3 N–H and O–H groups in total. The van der Waals surface area contributed by atoms with Crippen LogP contribution in [0.3, 0.4) is 0 Å². The summed E-state index contributed by atoms with van der Waals surface area (Å²) in [6.07, 6.45) is 2.30. The first kappa shape index (κ1) is 23.3. The van der Waals surface area contributed by atoms with Gasteiger partial charge in [0.05, 0.1) is 14.2 Å². The van der Waals surface area contributed by atoms with E-state index in [1.54, 1.807) is 14.2 Å². The number of halogens is 1. The minimum absolute atomic E-state index is 0. The number of guanidine groups is 1. The molecule has 29 heavy (non-hydrogen) atoms. The maximum Gasteiger partial charge on any atom is 0.193 e. The molecule has 3 rings (SSSR count). The third-order valence-corrected chi connectivity index (χ3v) is 5.15. The number of methoxy groups -OCH3 is 2. The highest BCUT2D eigenvalue weighted by Crippen LogP contribution is 2.20. The van der Waals surface area contributed by atoms with E-state index in [1.165, 1.54) is 5.56 Å². The Morgan fingerprint density at radius 1 is 1.00 bits per heavy atom. The Hall–Kier alpha value is -2.00. The van der Waals surface area contributed by atoms with Crippen molar-refractivity contribution in [1.82, 2.24) is 4.90 Å².